The van der Waals surface area contributed by atoms with Gasteiger partial charge in [-0.3, -0.25) is 0 Å². The second-order valence-corrected chi connectivity index (χ2v) is 5.27. The number of halogens is 2. The lowest BCUT2D eigenvalue weighted by Crippen LogP contribution is -2.07. The highest BCUT2D eigenvalue weighted by Crippen LogP contribution is 2.30. The quantitative estimate of drug-likeness (QED) is 0.639. The highest BCUT2D eigenvalue weighted by Gasteiger charge is 2.12. The Balaban J connectivity index is 2.34. The van der Waals surface area contributed by atoms with Crippen molar-refractivity contribution in [2.45, 2.75) is 0 Å². The van der Waals surface area contributed by atoms with Gasteiger partial charge in [-0.1, -0.05) is 17.7 Å². The first-order valence-electron chi connectivity index (χ1n) is 5.72. The molecule has 0 atom stereocenters. The van der Waals surface area contributed by atoms with Gasteiger partial charge in [-0.05, 0) is 46.3 Å². The van der Waals surface area contributed by atoms with Crippen LogP contribution in [-0.2, 0) is 4.74 Å². The molecule has 2 aromatic carbocycles. The normalized spacial score (nSPS) is 10.2. The molecule has 104 valence electrons. The van der Waals surface area contributed by atoms with Gasteiger partial charge >= 0.3 is 5.97 Å². The van der Waals surface area contributed by atoms with Crippen molar-refractivity contribution < 1.29 is 9.53 Å². The first-order chi connectivity index (χ1) is 9.52. The van der Waals surface area contributed by atoms with E-state index >= 15 is 0 Å². The lowest BCUT2D eigenvalue weighted by molar-refractivity contribution is 0.0602. The third-order valence-corrected chi connectivity index (χ3v) is 3.94. The summed E-state index contributed by atoms with van der Waals surface area (Å²) in [6.07, 6.45) is 0. The number of anilines is 3. The summed E-state index contributed by atoms with van der Waals surface area (Å²) in [6, 6.07) is 10.5. The molecule has 0 heterocycles. The molecule has 0 saturated carbocycles. The maximum absolute atomic E-state index is 11.6. The van der Waals surface area contributed by atoms with Crippen molar-refractivity contribution in [3.05, 3.63) is 51.5 Å². The third-order valence-electron chi connectivity index (χ3n) is 2.71. The van der Waals surface area contributed by atoms with E-state index in [2.05, 4.69) is 26.0 Å². The van der Waals surface area contributed by atoms with Crippen LogP contribution in [-0.4, -0.2) is 13.1 Å². The third kappa shape index (κ3) is 3.05. The van der Waals surface area contributed by atoms with Crippen LogP contribution in [0.15, 0.2) is 40.9 Å². The van der Waals surface area contributed by atoms with Crippen molar-refractivity contribution in [3.63, 3.8) is 0 Å². The van der Waals surface area contributed by atoms with Gasteiger partial charge in [-0.2, -0.15) is 0 Å². The first-order valence-corrected chi connectivity index (χ1v) is 6.89. The molecule has 3 N–H and O–H groups in total. The average Bonchev–Trinajstić information content (AvgIpc) is 2.44. The Morgan fingerprint density at radius 2 is 2.10 bits per heavy atom. The minimum absolute atomic E-state index is 0.320. The van der Waals surface area contributed by atoms with Gasteiger partial charge in [0.2, 0.25) is 0 Å². The van der Waals surface area contributed by atoms with E-state index in [1.54, 1.807) is 24.3 Å². The Morgan fingerprint density at radius 3 is 2.75 bits per heavy atom. The van der Waals surface area contributed by atoms with Crippen molar-refractivity contribution in [1.82, 2.24) is 0 Å². The number of hydrogen-bond acceptors (Lipinski definition) is 4. The number of nitrogens with one attached hydrogen (secondary N) is 1. The lowest BCUT2D eigenvalue weighted by Gasteiger charge is -2.12. The minimum Gasteiger partial charge on any atom is -0.465 e. The number of methoxy groups -OCH3 is 1. The van der Waals surface area contributed by atoms with Crippen LogP contribution in [0.4, 0.5) is 17.1 Å². The van der Waals surface area contributed by atoms with Crippen molar-refractivity contribution >= 4 is 50.6 Å². The molecule has 0 amide bonds. The van der Waals surface area contributed by atoms with Crippen molar-refractivity contribution in [1.29, 1.82) is 0 Å². The molecule has 2 aromatic rings. The van der Waals surface area contributed by atoms with Crippen molar-refractivity contribution in [2.75, 3.05) is 18.2 Å². The van der Waals surface area contributed by atoms with Crippen LogP contribution in [0.2, 0.25) is 5.02 Å². The highest BCUT2D eigenvalue weighted by molar-refractivity contribution is 9.10. The number of para-hydroxylation sites is 1. The van der Waals surface area contributed by atoms with E-state index in [1.807, 2.05) is 12.1 Å². The van der Waals surface area contributed by atoms with E-state index in [1.165, 1.54) is 7.11 Å². The molecule has 0 aliphatic carbocycles. The van der Waals surface area contributed by atoms with E-state index in [0.717, 1.165) is 10.2 Å². The number of carbonyl (C=O) groups is 1. The molecular formula is C14H12BrClN2O2. The second kappa shape index (κ2) is 6.15. The fourth-order valence-corrected chi connectivity index (χ4v) is 2.12. The van der Waals surface area contributed by atoms with E-state index in [0.29, 0.717) is 22.0 Å². The molecule has 0 radical (unpaired) electrons. The fourth-order valence-electron chi connectivity index (χ4n) is 1.69. The van der Waals surface area contributed by atoms with Gasteiger partial charge in [-0.25, -0.2) is 4.79 Å². The van der Waals surface area contributed by atoms with E-state index in [4.69, 9.17) is 17.3 Å². The van der Waals surface area contributed by atoms with Gasteiger partial charge in [-0.15, -0.1) is 0 Å². The smallest absolute Gasteiger partial charge is 0.340 e. The number of benzene rings is 2. The number of rotatable bonds is 3. The average molecular weight is 356 g/mol. The Bertz CT molecular complexity index is 662. The summed E-state index contributed by atoms with van der Waals surface area (Å²) in [7, 11) is 1.32. The molecule has 4 nitrogen and oxygen atoms in total. The zero-order valence-electron chi connectivity index (χ0n) is 10.6. The molecule has 0 spiro atoms. The van der Waals surface area contributed by atoms with Crippen LogP contribution in [0, 0.1) is 0 Å². The molecule has 0 saturated heterocycles. The van der Waals surface area contributed by atoms with Gasteiger partial charge in [0, 0.05) is 10.2 Å². The SMILES string of the molecule is COC(=O)c1cccc(Nc2ccc(Br)c(Cl)c2)c1N. The summed E-state index contributed by atoms with van der Waals surface area (Å²) >= 11 is 9.36. The summed E-state index contributed by atoms with van der Waals surface area (Å²) < 4.78 is 5.49. The van der Waals surface area contributed by atoms with Gasteiger partial charge in [0.15, 0.2) is 0 Å². The van der Waals surface area contributed by atoms with Crippen molar-refractivity contribution in [2.24, 2.45) is 0 Å². The summed E-state index contributed by atoms with van der Waals surface area (Å²) in [5, 5.41) is 3.70. The molecule has 0 unspecified atom stereocenters. The standard InChI is InChI=1S/C14H12BrClN2O2/c1-20-14(19)9-3-2-4-12(13(9)17)18-8-5-6-10(15)11(16)7-8/h2-7,18H,17H2,1H3. The van der Waals surface area contributed by atoms with Crippen LogP contribution in [0.3, 0.4) is 0 Å². The van der Waals surface area contributed by atoms with Crippen molar-refractivity contribution in [3.8, 4) is 0 Å². The predicted octanol–water partition coefficient (Wildman–Crippen LogP) is 4.21. The second-order valence-electron chi connectivity index (χ2n) is 4.01. The zero-order valence-corrected chi connectivity index (χ0v) is 13.0. The summed E-state index contributed by atoms with van der Waals surface area (Å²) in [5.74, 6) is -0.472. The van der Waals surface area contributed by atoms with Crippen LogP contribution in [0.25, 0.3) is 0 Å². The Kier molecular flexibility index (Phi) is 4.52. The summed E-state index contributed by atoms with van der Waals surface area (Å²) in [5.41, 5.74) is 8.01. The molecule has 0 aromatic heterocycles. The van der Waals surface area contributed by atoms with E-state index < -0.39 is 5.97 Å². The number of nitrogens with two attached hydrogens (primary N) is 1. The van der Waals surface area contributed by atoms with Gasteiger partial charge in [0.1, 0.15) is 0 Å². The zero-order chi connectivity index (χ0) is 14.7. The van der Waals surface area contributed by atoms with Crippen LogP contribution < -0.4 is 11.1 Å². The first kappa shape index (κ1) is 14.7. The van der Waals surface area contributed by atoms with Gasteiger partial charge in [0.05, 0.1) is 29.1 Å². The van der Waals surface area contributed by atoms with Crippen LogP contribution in [0.1, 0.15) is 10.4 Å². The molecule has 2 rings (SSSR count). The molecule has 20 heavy (non-hydrogen) atoms. The molecule has 0 aliphatic rings. The Hall–Kier alpha value is -1.72. The lowest BCUT2D eigenvalue weighted by atomic mass is 10.1. The minimum atomic E-state index is -0.472. The van der Waals surface area contributed by atoms with E-state index in [-0.39, 0.29) is 0 Å². The molecule has 0 bridgehead atoms. The topological polar surface area (TPSA) is 64.3 Å². The number of esters is 1. The summed E-state index contributed by atoms with van der Waals surface area (Å²) in [6.45, 7) is 0. The molecular weight excluding hydrogens is 344 g/mol. The molecule has 0 aliphatic heterocycles. The van der Waals surface area contributed by atoms with Crippen LogP contribution >= 0.6 is 27.5 Å². The largest absolute Gasteiger partial charge is 0.465 e. The van der Waals surface area contributed by atoms with Gasteiger partial charge in [0.25, 0.3) is 0 Å². The maximum Gasteiger partial charge on any atom is 0.340 e. The Labute approximate surface area is 130 Å². The number of hydrogen-bond donors (Lipinski definition) is 2. The predicted molar refractivity (Wildman–Crippen MR) is 84.6 cm³/mol. The van der Waals surface area contributed by atoms with Gasteiger partial charge < -0.3 is 15.8 Å². The fraction of sp³-hybridized carbons (Fsp3) is 0.0714. The number of carbonyl (C=O) groups excluding carboxylic acids is 1. The Morgan fingerprint density at radius 1 is 1.35 bits per heavy atom. The number of nitrogen functional groups attached to an aromatic ring is 1. The highest BCUT2D eigenvalue weighted by atomic mass is 79.9. The number of ether oxygens (including phenoxy) is 1. The molecule has 0 fully saturated rings. The van der Waals surface area contributed by atoms with Crippen LogP contribution in [0.5, 0.6) is 0 Å². The summed E-state index contributed by atoms with van der Waals surface area (Å²) in [4.78, 5) is 11.6. The van der Waals surface area contributed by atoms with E-state index in [9.17, 15) is 4.79 Å². The monoisotopic (exact) mass is 354 g/mol. The maximum atomic E-state index is 11.6. The molecule has 6 heteroatoms.